The van der Waals surface area contributed by atoms with Gasteiger partial charge in [-0.25, -0.2) is 19.2 Å². The summed E-state index contributed by atoms with van der Waals surface area (Å²) in [5, 5.41) is 0. The summed E-state index contributed by atoms with van der Waals surface area (Å²) in [5.41, 5.74) is 1.35. The van der Waals surface area contributed by atoms with Crippen LogP contribution in [0.15, 0.2) is 72.8 Å². The summed E-state index contributed by atoms with van der Waals surface area (Å²) in [7, 11) is 0. The van der Waals surface area contributed by atoms with E-state index in [0.29, 0.717) is 11.1 Å². The molecule has 2 atom stereocenters. The molecule has 2 unspecified atom stereocenters. The van der Waals surface area contributed by atoms with Gasteiger partial charge in [-0.05, 0) is 104 Å². The van der Waals surface area contributed by atoms with Crippen molar-refractivity contribution in [3.05, 3.63) is 106 Å². The molecule has 0 aliphatic rings. The van der Waals surface area contributed by atoms with Crippen molar-refractivity contribution in [2.75, 3.05) is 0 Å². The monoisotopic (exact) mass is 588 g/mol. The minimum absolute atomic E-state index is 0.222. The van der Waals surface area contributed by atoms with Crippen LogP contribution in [-0.4, -0.2) is 47.3 Å². The zero-order valence-corrected chi connectivity index (χ0v) is 26.1. The number of rotatable bonds is 11. The van der Waals surface area contributed by atoms with Crippen molar-refractivity contribution >= 4 is 23.9 Å². The third-order valence-corrected chi connectivity index (χ3v) is 7.01. The predicted molar refractivity (Wildman–Crippen MR) is 162 cm³/mol. The number of benzene rings is 3. The van der Waals surface area contributed by atoms with Gasteiger partial charge >= 0.3 is 23.9 Å². The number of carbonyl (C=O) groups is 4. The summed E-state index contributed by atoms with van der Waals surface area (Å²) in [6.07, 6.45) is -0.985. The maximum atomic E-state index is 12.9. The smallest absolute Gasteiger partial charge is 0.338 e. The van der Waals surface area contributed by atoms with Crippen molar-refractivity contribution in [3.8, 4) is 0 Å². The molecule has 0 aliphatic carbocycles. The third kappa shape index (κ3) is 9.53. The molecule has 0 spiro atoms. The molecule has 0 aromatic heterocycles. The first kappa shape index (κ1) is 33.0. The van der Waals surface area contributed by atoms with Crippen molar-refractivity contribution in [2.24, 2.45) is 0 Å². The number of carbonyl (C=O) groups excluding carboxylic acids is 4. The van der Waals surface area contributed by atoms with E-state index in [1.165, 1.54) is 24.3 Å². The van der Waals surface area contributed by atoms with Crippen LogP contribution in [0.25, 0.3) is 0 Å². The average Bonchev–Trinajstić information content (AvgIpc) is 2.92. The first-order valence-electron chi connectivity index (χ1n) is 14.2. The lowest BCUT2D eigenvalue weighted by atomic mass is 10.0. The van der Waals surface area contributed by atoms with Gasteiger partial charge in [-0.15, -0.1) is 0 Å². The third-order valence-electron chi connectivity index (χ3n) is 7.01. The first-order valence-corrected chi connectivity index (χ1v) is 14.2. The Morgan fingerprint density at radius 2 is 0.907 bits per heavy atom. The van der Waals surface area contributed by atoms with Crippen LogP contribution in [-0.2, 0) is 18.9 Å². The van der Waals surface area contributed by atoms with E-state index in [0.717, 1.165) is 11.1 Å². The zero-order chi connectivity index (χ0) is 31.9. The number of esters is 4. The maximum Gasteiger partial charge on any atom is 0.338 e. The van der Waals surface area contributed by atoms with E-state index in [-0.39, 0.29) is 17.5 Å². The van der Waals surface area contributed by atoms with Gasteiger partial charge in [0.25, 0.3) is 0 Å². The Labute approximate surface area is 253 Å². The molecule has 8 heteroatoms. The van der Waals surface area contributed by atoms with E-state index in [9.17, 15) is 19.2 Å². The first-order chi connectivity index (χ1) is 20.1. The standard InChI is InChI=1S/C35H40O8/c1-22-9-13-26(14-10-22)30(36)40-24(3)21-34(5,6)42-32(38)29-19-17-27(18-20-29)31(37)41-25(4)35(7,8)43-33(39)28-15-11-23(2)12-16-28/h9-20,24-25H,21H2,1-8H3. The Morgan fingerprint density at radius 3 is 1.35 bits per heavy atom. The molecule has 3 aromatic rings. The molecule has 43 heavy (non-hydrogen) atoms. The summed E-state index contributed by atoms with van der Waals surface area (Å²) in [6.45, 7) is 14.1. The minimum Gasteiger partial charge on any atom is -0.459 e. The molecule has 0 radical (unpaired) electrons. The van der Waals surface area contributed by atoms with Crippen molar-refractivity contribution in [1.82, 2.24) is 0 Å². The molecule has 0 heterocycles. The van der Waals surface area contributed by atoms with Crippen LogP contribution in [0.5, 0.6) is 0 Å². The molecule has 0 amide bonds. The Balaban J connectivity index is 1.53. The van der Waals surface area contributed by atoms with Crippen molar-refractivity contribution in [1.29, 1.82) is 0 Å². The molecule has 228 valence electrons. The maximum absolute atomic E-state index is 12.9. The lowest BCUT2D eigenvalue weighted by Crippen LogP contribution is -2.42. The van der Waals surface area contributed by atoms with Crippen LogP contribution in [0.3, 0.4) is 0 Å². The van der Waals surface area contributed by atoms with Crippen LogP contribution in [0, 0.1) is 13.8 Å². The number of hydrogen-bond acceptors (Lipinski definition) is 8. The van der Waals surface area contributed by atoms with E-state index >= 15 is 0 Å². The van der Waals surface area contributed by atoms with Gasteiger partial charge in [0.05, 0.1) is 22.3 Å². The largest absolute Gasteiger partial charge is 0.459 e. The highest BCUT2D eigenvalue weighted by atomic mass is 16.6. The number of hydrogen-bond donors (Lipinski definition) is 0. The van der Waals surface area contributed by atoms with Crippen molar-refractivity contribution in [2.45, 2.75) is 85.2 Å². The van der Waals surface area contributed by atoms with Crippen LogP contribution >= 0.6 is 0 Å². The molecule has 0 aliphatic heterocycles. The van der Waals surface area contributed by atoms with Gasteiger partial charge in [-0.1, -0.05) is 35.4 Å². The SMILES string of the molecule is Cc1ccc(C(=O)OC(C)CC(C)(C)OC(=O)c2ccc(C(=O)OC(C)C(C)(C)OC(=O)c3ccc(C)cc3)cc2)cc1. The van der Waals surface area contributed by atoms with Crippen LogP contribution in [0.4, 0.5) is 0 Å². The predicted octanol–water partition coefficient (Wildman–Crippen LogP) is 7.06. The van der Waals surface area contributed by atoms with Crippen LogP contribution < -0.4 is 0 Å². The van der Waals surface area contributed by atoms with Gasteiger partial charge in [-0.3, -0.25) is 0 Å². The summed E-state index contributed by atoms with van der Waals surface area (Å²) in [5.74, 6) is -2.17. The summed E-state index contributed by atoms with van der Waals surface area (Å²) in [4.78, 5) is 50.7. The summed E-state index contributed by atoms with van der Waals surface area (Å²) < 4.78 is 22.4. The van der Waals surface area contributed by atoms with Gasteiger partial charge < -0.3 is 18.9 Å². The van der Waals surface area contributed by atoms with E-state index in [1.807, 2.05) is 38.1 Å². The molecule has 3 aromatic carbocycles. The van der Waals surface area contributed by atoms with Gasteiger partial charge in [-0.2, -0.15) is 0 Å². The fourth-order valence-electron chi connectivity index (χ4n) is 4.21. The quantitative estimate of drug-likeness (QED) is 0.173. The topological polar surface area (TPSA) is 105 Å². The van der Waals surface area contributed by atoms with Gasteiger partial charge in [0, 0.05) is 6.42 Å². The van der Waals surface area contributed by atoms with E-state index in [2.05, 4.69) is 0 Å². The summed E-state index contributed by atoms with van der Waals surface area (Å²) in [6, 6.07) is 20.0. The Kier molecular flexibility index (Phi) is 10.5. The molecule has 0 N–H and O–H groups in total. The van der Waals surface area contributed by atoms with E-state index in [1.54, 1.807) is 65.8 Å². The minimum atomic E-state index is -1.10. The molecular weight excluding hydrogens is 548 g/mol. The average molecular weight is 589 g/mol. The van der Waals surface area contributed by atoms with E-state index in [4.69, 9.17) is 18.9 Å². The van der Waals surface area contributed by atoms with E-state index < -0.39 is 47.3 Å². The normalized spacial score (nSPS) is 12.9. The Hall–Kier alpha value is -4.46. The van der Waals surface area contributed by atoms with Gasteiger partial charge in [0.2, 0.25) is 0 Å². The molecule has 0 bridgehead atoms. The molecule has 3 rings (SSSR count). The lowest BCUT2D eigenvalue weighted by molar-refractivity contribution is -0.0720. The fourth-order valence-corrected chi connectivity index (χ4v) is 4.21. The molecule has 0 saturated carbocycles. The second-order valence-corrected chi connectivity index (χ2v) is 11.9. The van der Waals surface area contributed by atoms with Crippen LogP contribution in [0.2, 0.25) is 0 Å². The molecule has 0 saturated heterocycles. The molecular formula is C35H40O8. The summed E-state index contributed by atoms with van der Waals surface area (Å²) >= 11 is 0. The Morgan fingerprint density at radius 1 is 0.558 bits per heavy atom. The molecule has 8 nitrogen and oxygen atoms in total. The van der Waals surface area contributed by atoms with Gasteiger partial charge in [0.15, 0.2) is 0 Å². The number of ether oxygens (including phenoxy) is 4. The zero-order valence-electron chi connectivity index (χ0n) is 26.1. The van der Waals surface area contributed by atoms with Crippen LogP contribution in [0.1, 0.15) is 101 Å². The highest BCUT2D eigenvalue weighted by Crippen LogP contribution is 2.24. The second-order valence-electron chi connectivity index (χ2n) is 11.9. The van der Waals surface area contributed by atoms with Crippen molar-refractivity contribution < 1.29 is 38.1 Å². The van der Waals surface area contributed by atoms with Crippen molar-refractivity contribution in [3.63, 3.8) is 0 Å². The highest BCUT2D eigenvalue weighted by molar-refractivity contribution is 5.94. The number of aryl methyl sites for hydroxylation is 2. The fraction of sp³-hybridized carbons (Fsp3) is 0.371. The second kappa shape index (κ2) is 13.7. The lowest BCUT2D eigenvalue weighted by Gasteiger charge is -2.31. The Bertz CT molecular complexity index is 1430. The molecule has 0 fully saturated rings. The highest BCUT2D eigenvalue weighted by Gasteiger charge is 2.34. The van der Waals surface area contributed by atoms with Gasteiger partial charge in [0.1, 0.15) is 23.4 Å².